The Morgan fingerprint density at radius 2 is 2.06 bits per heavy atom. The maximum Gasteiger partial charge on any atom is 0.226 e. The third kappa shape index (κ3) is 5.29. The van der Waals surface area contributed by atoms with Crippen LogP contribution in [0.3, 0.4) is 0 Å². The van der Waals surface area contributed by atoms with E-state index >= 15 is 0 Å². The standard InChI is InChI=1S/C28H33N5O2S/c1-2-20-9-3-4-11-22(20)30-25(34)14-17-33-27(26(31-28(33)36)23-12-5-6-15-29-23)24-13-7-16-32(24)19-21-10-8-18-35-21/h3-7,9,11-13,15-16,21,26-27H,2,8,10,14,17-19H2,1H3,(H,30,34)(H,31,36)/t21-,26-,27+/m1/s1. The molecule has 3 atom stereocenters. The maximum absolute atomic E-state index is 13.0. The number of carbonyl (C=O) groups excluding carboxylic acids is 1. The number of aromatic nitrogens is 2. The van der Waals surface area contributed by atoms with Crippen LogP contribution < -0.4 is 10.6 Å². The number of ether oxygens (including phenoxy) is 1. The molecule has 36 heavy (non-hydrogen) atoms. The van der Waals surface area contributed by atoms with E-state index in [1.165, 1.54) is 0 Å². The van der Waals surface area contributed by atoms with Crippen molar-refractivity contribution in [2.45, 2.75) is 57.3 Å². The van der Waals surface area contributed by atoms with E-state index in [-0.39, 0.29) is 24.1 Å². The molecule has 0 aliphatic carbocycles. The molecule has 2 aliphatic rings. The zero-order valence-corrected chi connectivity index (χ0v) is 21.4. The summed E-state index contributed by atoms with van der Waals surface area (Å²) in [6.45, 7) is 4.23. The molecule has 2 N–H and O–H groups in total. The van der Waals surface area contributed by atoms with Crippen LogP contribution in [0.1, 0.15) is 55.2 Å². The molecule has 0 unspecified atom stereocenters. The van der Waals surface area contributed by atoms with Crippen LogP contribution in [0.15, 0.2) is 67.0 Å². The SMILES string of the molecule is CCc1ccccc1NC(=O)CCN1C(=S)N[C@H](c2ccccn2)[C@@H]1c1cccn1C[C@H]1CCCO1. The highest BCUT2D eigenvalue weighted by Crippen LogP contribution is 2.39. The van der Waals surface area contributed by atoms with Gasteiger partial charge in [0.15, 0.2) is 5.11 Å². The molecule has 3 aromatic rings. The van der Waals surface area contributed by atoms with Crippen molar-refractivity contribution in [3.63, 3.8) is 0 Å². The lowest BCUT2D eigenvalue weighted by Gasteiger charge is -2.29. The number of benzene rings is 1. The van der Waals surface area contributed by atoms with Crippen molar-refractivity contribution in [1.29, 1.82) is 0 Å². The Balaban J connectivity index is 1.37. The van der Waals surface area contributed by atoms with E-state index in [0.29, 0.717) is 18.1 Å². The second-order valence-corrected chi connectivity index (χ2v) is 9.74. The minimum Gasteiger partial charge on any atom is -0.376 e. The van der Waals surface area contributed by atoms with Crippen molar-refractivity contribution in [3.8, 4) is 0 Å². The van der Waals surface area contributed by atoms with Crippen LogP contribution >= 0.6 is 12.2 Å². The number of hydrogen-bond donors (Lipinski definition) is 2. The Morgan fingerprint density at radius 3 is 2.83 bits per heavy atom. The van der Waals surface area contributed by atoms with Crippen LogP contribution in [0.2, 0.25) is 0 Å². The molecule has 188 valence electrons. The summed E-state index contributed by atoms with van der Waals surface area (Å²) in [7, 11) is 0. The van der Waals surface area contributed by atoms with Crippen LogP contribution in [-0.2, 0) is 22.5 Å². The van der Waals surface area contributed by atoms with E-state index in [2.05, 4.69) is 50.3 Å². The van der Waals surface area contributed by atoms with Crippen LogP contribution in [0.5, 0.6) is 0 Å². The molecular weight excluding hydrogens is 470 g/mol. The van der Waals surface area contributed by atoms with Crippen LogP contribution in [-0.4, -0.2) is 44.7 Å². The van der Waals surface area contributed by atoms with E-state index in [9.17, 15) is 4.79 Å². The second-order valence-electron chi connectivity index (χ2n) is 9.35. The number of carbonyl (C=O) groups is 1. The largest absolute Gasteiger partial charge is 0.376 e. The first-order valence-electron chi connectivity index (χ1n) is 12.8. The topological polar surface area (TPSA) is 71.4 Å². The van der Waals surface area contributed by atoms with Crippen molar-refractivity contribution < 1.29 is 9.53 Å². The Kier molecular flexibility index (Phi) is 7.63. The molecule has 1 amide bonds. The summed E-state index contributed by atoms with van der Waals surface area (Å²) in [5.41, 5.74) is 4.08. The predicted octanol–water partition coefficient (Wildman–Crippen LogP) is 4.63. The van der Waals surface area contributed by atoms with Crippen molar-refractivity contribution in [1.82, 2.24) is 19.8 Å². The first-order chi connectivity index (χ1) is 17.6. The summed E-state index contributed by atoms with van der Waals surface area (Å²) >= 11 is 5.80. The molecule has 0 saturated carbocycles. The molecule has 2 aromatic heterocycles. The molecule has 8 heteroatoms. The molecule has 0 spiro atoms. The van der Waals surface area contributed by atoms with E-state index in [1.807, 2.05) is 48.7 Å². The minimum absolute atomic E-state index is 0.0199. The number of thiocarbonyl (C=S) groups is 1. The Bertz CT molecular complexity index is 1190. The summed E-state index contributed by atoms with van der Waals surface area (Å²) in [4.78, 5) is 19.7. The number of pyridine rings is 1. The van der Waals surface area contributed by atoms with Gasteiger partial charge in [-0.2, -0.15) is 0 Å². The molecule has 2 fully saturated rings. The molecule has 2 saturated heterocycles. The lowest BCUT2D eigenvalue weighted by Crippen LogP contribution is -2.33. The Morgan fingerprint density at radius 1 is 1.19 bits per heavy atom. The lowest BCUT2D eigenvalue weighted by atomic mass is 10.0. The van der Waals surface area contributed by atoms with Gasteiger partial charge in [-0.05, 0) is 67.4 Å². The molecule has 0 bridgehead atoms. The summed E-state index contributed by atoms with van der Waals surface area (Å²) in [6.07, 6.45) is 7.53. The maximum atomic E-state index is 13.0. The quantitative estimate of drug-likeness (QED) is 0.415. The summed E-state index contributed by atoms with van der Waals surface area (Å²) in [5, 5.41) is 7.22. The fourth-order valence-corrected chi connectivity index (χ4v) is 5.55. The van der Waals surface area contributed by atoms with Crippen LogP contribution in [0, 0.1) is 0 Å². The van der Waals surface area contributed by atoms with Gasteiger partial charge in [-0.25, -0.2) is 0 Å². The number of hydrogen-bond acceptors (Lipinski definition) is 4. The van der Waals surface area contributed by atoms with Gasteiger partial charge >= 0.3 is 0 Å². The van der Waals surface area contributed by atoms with Gasteiger partial charge in [0.25, 0.3) is 0 Å². The van der Waals surface area contributed by atoms with E-state index in [4.69, 9.17) is 17.0 Å². The molecule has 7 nitrogen and oxygen atoms in total. The van der Waals surface area contributed by atoms with Gasteiger partial charge in [0.1, 0.15) is 0 Å². The molecule has 5 rings (SSSR count). The van der Waals surface area contributed by atoms with Gasteiger partial charge in [0.2, 0.25) is 5.91 Å². The van der Waals surface area contributed by atoms with Crippen molar-refractivity contribution in [3.05, 3.63) is 83.9 Å². The predicted molar refractivity (Wildman–Crippen MR) is 145 cm³/mol. The number of para-hydroxylation sites is 1. The number of aryl methyl sites for hydroxylation is 1. The molecule has 4 heterocycles. The van der Waals surface area contributed by atoms with Crippen molar-refractivity contribution in [2.75, 3.05) is 18.5 Å². The van der Waals surface area contributed by atoms with E-state index in [1.54, 1.807) is 0 Å². The number of anilines is 1. The summed E-state index contributed by atoms with van der Waals surface area (Å²) < 4.78 is 8.19. The third-order valence-electron chi connectivity index (χ3n) is 7.04. The van der Waals surface area contributed by atoms with Crippen LogP contribution in [0.25, 0.3) is 0 Å². The van der Waals surface area contributed by atoms with Gasteiger partial charge in [-0.1, -0.05) is 31.2 Å². The molecule has 2 aliphatic heterocycles. The van der Waals surface area contributed by atoms with Gasteiger partial charge in [0, 0.05) is 49.9 Å². The Labute approximate surface area is 217 Å². The first-order valence-corrected chi connectivity index (χ1v) is 13.2. The third-order valence-corrected chi connectivity index (χ3v) is 7.39. The number of amides is 1. The first kappa shape index (κ1) is 24.5. The van der Waals surface area contributed by atoms with Crippen molar-refractivity contribution >= 4 is 28.9 Å². The highest BCUT2D eigenvalue weighted by molar-refractivity contribution is 7.80. The van der Waals surface area contributed by atoms with E-state index < -0.39 is 0 Å². The fourth-order valence-electron chi connectivity index (χ4n) is 5.22. The average molecular weight is 504 g/mol. The number of nitrogens with zero attached hydrogens (tertiary/aromatic N) is 3. The normalized spacial score (nSPS) is 21.5. The zero-order valence-electron chi connectivity index (χ0n) is 20.6. The molecule has 1 aromatic carbocycles. The number of rotatable bonds is 9. The zero-order chi connectivity index (χ0) is 24.9. The lowest BCUT2D eigenvalue weighted by molar-refractivity contribution is -0.116. The van der Waals surface area contributed by atoms with Gasteiger partial charge in [-0.15, -0.1) is 0 Å². The van der Waals surface area contributed by atoms with Crippen molar-refractivity contribution in [2.24, 2.45) is 0 Å². The summed E-state index contributed by atoms with van der Waals surface area (Å²) in [6, 6.07) is 17.9. The Hall–Kier alpha value is -3.23. The van der Waals surface area contributed by atoms with Gasteiger partial charge in [-0.3, -0.25) is 9.78 Å². The monoisotopic (exact) mass is 503 g/mol. The number of nitrogens with one attached hydrogen (secondary N) is 2. The van der Waals surface area contributed by atoms with Crippen LogP contribution in [0.4, 0.5) is 5.69 Å². The van der Waals surface area contributed by atoms with E-state index in [0.717, 1.165) is 55.1 Å². The van der Waals surface area contributed by atoms with Gasteiger partial charge < -0.3 is 24.8 Å². The minimum atomic E-state index is -0.110. The fraction of sp³-hybridized carbons (Fsp3) is 0.393. The highest BCUT2D eigenvalue weighted by atomic mass is 32.1. The molecular formula is C28H33N5O2S. The smallest absolute Gasteiger partial charge is 0.226 e. The van der Waals surface area contributed by atoms with Gasteiger partial charge in [0.05, 0.1) is 23.9 Å². The average Bonchev–Trinajstić information content (AvgIpc) is 3.65. The second kappa shape index (κ2) is 11.2. The highest BCUT2D eigenvalue weighted by Gasteiger charge is 2.41. The summed E-state index contributed by atoms with van der Waals surface area (Å²) in [5.74, 6) is -0.0199. The molecule has 0 radical (unpaired) electrons.